The molecule has 1 N–H and O–H groups in total. The molecule has 0 unspecified atom stereocenters. The summed E-state index contributed by atoms with van der Waals surface area (Å²) in [6.07, 6.45) is 0.617. The lowest BCUT2D eigenvalue weighted by molar-refractivity contribution is 0.282. The topological polar surface area (TPSA) is 38.7 Å². The molecule has 19 heavy (non-hydrogen) atoms. The van der Waals surface area contributed by atoms with Gasteiger partial charge in [0, 0.05) is 6.61 Å². The molecule has 0 aromatic heterocycles. The Morgan fingerprint density at radius 2 is 1.74 bits per heavy atom. The van der Waals surface area contributed by atoms with E-state index in [1.165, 1.54) is 0 Å². The van der Waals surface area contributed by atoms with E-state index in [4.69, 9.17) is 14.6 Å². The Balaban J connectivity index is 2.11. The third-order valence-electron chi connectivity index (χ3n) is 2.87. The van der Waals surface area contributed by atoms with Crippen LogP contribution in [0.1, 0.15) is 11.1 Å². The summed E-state index contributed by atoms with van der Waals surface area (Å²) in [6.45, 7) is 0.629. The molecule has 0 bridgehead atoms. The summed E-state index contributed by atoms with van der Waals surface area (Å²) in [4.78, 5) is 0. The molecule has 2 rings (SSSR count). The number of hydrogen-bond donors (Lipinski definition) is 1. The highest BCUT2D eigenvalue weighted by atomic mass is 16.5. The van der Waals surface area contributed by atoms with Crippen molar-refractivity contribution in [1.82, 2.24) is 0 Å². The zero-order chi connectivity index (χ0) is 13.5. The molecular formula is C16H18O3. The van der Waals surface area contributed by atoms with Crippen LogP contribution in [0, 0.1) is 0 Å². The molecule has 100 valence electrons. The maximum absolute atomic E-state index is 8.97. The van der Waals surface area contributed by atoms with Gasteiger partial charge in [0.05, 0.1) is 7.11 Å². The largest absolute Gasteiger partial charge is 0.493 e. The molecule has 0 aliphatic rings. The highest BCUT2D eigenvalue weighted by Gasteiger charge is 2.06. The minimum absolute atomic E-state index is 0.129. The van der Waals surface area contributed by atoms with Crippen LogP contribution in [0.5, 0.6) is 11.5 Å². The van der Waals surface area contributed by atoms with Crippen LogP contribution >= 0.6 is 0 Å². The molecule has 0 saturated carbocycles. The van der Waals surface area contributed by atoms with Gasteiger partial charge in [-0.15, -0.1) is 0 Å². The number of rotatable bonds is 6. The van der Waals surface area contributed by atoms with Gasteiger partial charge < -0.3 is 14.6 Å². The molecule has 3 nitrogen and oxygen atoms in total. The van der Waals surface area contributed by atoms with Crippen LogP contribution in [0.2, 0.25) is 0 Å². The van der Waals surface area contributed by atoms with Crippen LogP contribution in [0.15, 0.2) is 48.5 Å². The molecule has 0 aliphatic carbocycles. The predicted molar refractivity (Wildman–Crippen MR) is 74.6 cm³/mol. The highest BCUT2D eigenvalue weighted by Crippen LogP contribution is 2.29. The first-order chi connectivity index (χ1) is 9.33. The standard InChI is InChI=1S/C16H18O3/c1-18-15-8-7-13(9-10-17)11-16(15)19-12-14-5-3-2-4-6-14/h2-8,11,17H,9-10,12H2,1H3. The van der Waals surface area contributed by atoms with Gasteiger partial charge in [-0.1, -0.05) is 36.4 Å². The van der Waals surface area contributed by atoms with E-state index < -0.39 is 0 Å². The zero-order valence-corrected chi connectivity index (χ0v) is 11.0. The van der Waals surface area contributed by atoms with E-state index in [1.54, 1.807) is 7.11 Å². The van der Waals surface area contributed by atoms with E-state index >= 15 is 0 Å². The number of hydrogen-bond acceptors (Lipinski definition) is 3. The van der Waals surface area contributed by atoms with Crippen LogP contribution in [0.4, 0.5) is 0 Å². The van der Waals surface area contributed by atoms with Crippen molar-refractivity contribution in [3.63, 3.8) is 0 Å². The van der Waals surface area contributed by atoms with Gasteiger partial charge in [0.15, 0.2) is 11.5 Å². The third kappa shape index (κ3) is 3.73. The van der Waals surface area contributed by atoms with Crippen molar-refractivity contribution >= 4 is 0 Å². The normalized spacial score (nSPS) is 10.2. The first-order valence-corrected chi connectivity index (χ1v) is 6.28. The van der Waals surface area contributed by atoms with Crippen molar-refractivity contribution in [1.29, 1.82) is 0 Å². The summed E-state index contributed by atoms with van der Waals surface area (Å²) in [5.74, 6) is 1.41. The molecule has 2 aromatic rings. The quantitative estimate of drug-likeness (QED) is 0.866. The fourth-order valence-electron chi connectivity index (χ4n) is 1.85. The second-order valence-electron chi connectivity index (χ2n) is 4.23. The summed E-state index contributed by atoms with van der Waals surface area (Å²) in [6, 6.07) is 15.7. The smallest absolute Gasteiger partial charge is 0.161 e. The molecule has 0 amide bonds. The first-order valence-electron chi connectivity index (χ1n) is 6.28. The Bertz CT molecular complexity index is 509. The van der Waals surface area contributed by atoms with Crippen LogP contribution < -0.4 is 9.47 Å². The molecule has 0 spiro atoms. The fraction of sp³-hybridized carbons (Fsp3) is 0.250. The number of ether oxygens (including phenoxy) is 2. The minimum atomic E-state index is 0.129. The molecule has 3 heteroatoms. The lowest BCUT2D eigenvalue weighted by Gasteiger charge is -2.12. The molecule has 0 saturated heterocycles. The van der Waals surface area contributed by atoms with Crippen molar-refractivity contribution in [2.45, 2.75) is 13.0 Å². The van der Waals surface area contributed by atoms with Crippen LogP contribution in [0.25, 0.3) is 0 Å². The first kappa shape index (κ1) is 13.4. The Hall–Kier alpha value is -2.00. The van der Waals surface area contributed by atoms with Gasteiger partial charge in [0.2, 0.25) is 0 Å². The Morgan fingerprint density at radius 1 is 0.947 bits per heavy atom. The van der Waals surface area contributed by atoms with Crippen molar-refractivity contribution in [2.75, 3.05) is 13.7 Å². The number of aliphatic hydroxyl groups is 1. The molecule has 0 aliphatic heterocycles. The van der Waals surface area contributed by atoms with E-state index in [2.05, 4.69) is 0 Å². The van der Waals surface area contributed by atoms with Crippen LogP contribution in [-0.2, 0) is 13.0 Å². The molecule has 2 aromatic carbocycles. The summed E-state index contributed by atoms with van der Waals surface area (Å²) in [5.41, 5.74) is 2.14. The fourth-order valence-corrected chi connectivity index (χ4v) is 1.85. The van der Waals surface area contributed by atoms with Gasteiger partial charge in [-0.25, -0.2) is 0 Å². The highest BCUT2D eigenvalue weighted by molar-refractivity contribution is 5.43. The Morgan fingerprint density at radius 3 is 2.42 bits per heavy atom. The zero-order valence-electron chi connectivity index (χ0n) is 11.0. The van der Waals surface area contributed by atoms with E-state index in [0.717, 1.165) is 11.1 Å². The van der Waals surface area contributed by atoms with E-state index in [-0.39, 0.29) is 6.61 Å². The van der Waals surface area contributed by atoms with Crippen molar-refractivity contribution in [2.24, 2.45) is 0 Å². The van der Waals surface area contributed by atoms with Gasteiger partial charge in [0.1, 0.15) is 6.61 Å². The average Bonchev–Trinajstić information content (AvgIpc) is 2.47. The van der Waals surface area contributed by atoms with E-state index in [1.807, 2.05) is 48.5 Å². The predicted octanol–water partition coefficient (Wildman–Crippen LogP) is 2.81. The maximum Gasteiger partial charge on any atom is 0.161 e. The van der Waals surface area contributed by atoms with Gasteiger partial charge >= 0.3 is 0 Å². The number of benzene rings is 2. The van der Waals surface area contributed by atoms with Crippen molar-refractivity contribution in [3.05, 3.63) is 59.7 Å². The minimum Gasteiger partial charge on any atom is -0.493 e. The van der Waals surface area contributed by atoms with Crippen molar-refractivity contribution in [3.8, 4) is 11.5 Å². The molecular weight excluding hydrogens is 240 g/mol. The van der Waals surface area contributed by atoms with Crippen molar-refractivity contribution < 1.29 is 14.6 Å². The van der Waals surface area contributed by atoms with Gasteiger partial charge in [-0.3, -0.25) is 0 Å². The van der Waals surface area contributed by atoms with E-state index in [9.17, 15) is 0 Å². The number of aliphatic hydroxyl groups excluding tert-OH is 1. The van der Waals surface area contributed by atoms with Gasteiger partial charge in [0.25, 0.3) is 0 Å². The van der Waals surface area contributed by atoms with E-state index in [0.29, 0.717) is 24.5 Å². The summed E-state index contributed by atoms with van der Waals surface area (Å²) >= 11 is 0. The van der Waals surface area contributed by atoms with Gasteiger partial charge in [-0.2, -0.15) is 0 Å². The molecule has 0 heterocycles. The summed E-state index contributed by atoms with van der Waals surface area (Å²) in [7, 11) is 1.62. The summed E-state index contributed by atoms with van der Waals surface area (Å²) < 4.78 is 11.1. The van der Waals surface area contributed by atoms with Gasteiger partial charge in [-0.05, 0) is 29.7 Å². The SMILES string of the molecule is COc1ccc(CCO)cc1OCc1ccccc1. The van der Waals surface area contributed by atoms with Crippen LogP contribution in [0.3, 0.4) is 0 Å². The number of methoxy groups -OCH3 is 1. The maximum atomic E-state index is 8.97. The Kier molecular flexibility index (Phi) is 4.81. The second-order valence-corrected chi connectivity index (χ2v) is 4.23. The lowest BCUT2D eigenvalue weighted by atomic mass is 10.1. The monoisotopic (exact) mass is 258 g/mol. The Labute approximate surface area is 113 Å². The second kappa shape index (κ2) is 6.81. The molecule has 0 radical (unpaired) electrons. The average molecular weight is 258 g/mol. The molecule has 0 atom stereocenters. The summed E-state index contributed by atoms with van der Waals surface area (Å²) in [5, 5.41) is 8.97. The third-order valence-corrected chi connectivity index (χ3v) is 2.87. The van der Waals surface area contributed by atoms with Crippen LogP contribution in [-0.4, -0.2) is 18.8 Å². The lowest BCUT2D eigenvalue weighted by Crippen LogP contribution is -1.99. The molecule has 0 fully saturated rings.